The fraction of sp³-hybridized carbons (Fsp3) is 0. The average Bonchev–Trinajstić information content (AvgIpc) is 3.74. The van der Waals surface area contributed by atoms with Gasteiger partial charge in [-0.3, -0.25) is 18.3 Å². The zero-order valence-corrected chi connectivity index (χ0v) is 20.5. The highest BCUT2D eigenvalue weighted by atomic mass is 28.4. The van der Waals surface area contributed by atoms with Crippen LogP contribution in [0.5, 0.6) is 0 Å². The summed E-state index contributed by atoms with van der Waals surface area (Å²) in [4.78, 5) is 0. The van der Waals surface area contributed by atoms with Crippen molar-refractivity contribution in [2.45, 2.75) is 0 Å². The average molecular weight is 497 g/mol. The molecule has 6 aliphatic heterocycles. The minimum absolute atomic E-state index is 1.10. The first-order chi connectivity index (χ1) is 18.4. The number of benzene rings is 4. The van der Waals surface area contributed by atoms with E-state index in [1.807, 2.05) is 0 Å². The molecule has 4 aromatic rings. The molecule has 0 fully saturated rings. The first-order valence-electron chi connectivity index (χ1n) is 12.5. The number of anilines is 8. The van der Waals surface area contributed by atoms with Gasteiger partial charge in [0.2, 0.25) is 0 Å². The monoisotopic (exact) mass is 496 g/mol. The summed E-state index contributed by atoms with van der Waals surface area (Å²) in [7, 11) is -3.06. The number of rotatable bonds is 0. The molecule has 4 N–H and O–H groups in total. The highest BCUT2D eigenvalue weighted by Crippen LogP contribution is 2.62. The van der Waals surface area contributed by atoms with Crippen molar-refractivity contribution in [3.8, 4) is 0 Å². The van der Waals surface area contributed by atoms with Crippen LogP contribution in [0.4, 0.5) is 45.5 Å². The largest absolute Gasteiger partial charge is 0.526 e. The maximum atomic E-state index is 3.79. The van der Waals surface area contributed by atoms with E-state index in [1.165, 1.54) is 22.7 Å². The molecule has 37 heavy (non-hydrogen) atoms. The molecule has 6 heterocycles. The van der Waals surface area contributed by atoms with Crippen molar-refractivity contribution in [2.75, 3.05) is 39.5 Å². The first-order valence-corrected chi connectivity index (χ1v) is 14.3. The van der Waals surface area contributed by atoms with E-state index in [2.05, 4.69) is 137 Å². The third kappa shape index (κ3) is 1.84. The van der Waals surface area contributed by atoms with Crippen LogP contribution < -0.4 is 39.5 Å². The predicted molar refractivity (Wildman–Crippen MR) is 150 cm³/mol. The van der Waals surface area contributed by atoms with E-state index in [0.717, 1.165) is 46.0 Å². The third-order valence-corrected chi connectivity index (χ3v) is 12.4. The second kappa shape index (κ2) is 5.85. The Bertz CT molecular complexity index is 1530. The van der Waals surface area contributed by atoms with Crippen LogP contribution in [0.15, 0.2) is 120 Å². The van der Waals surface area contributed by atoms with E-state index in [0.29, 0.717) is 0 Å². The zero-order chi connectivity index (χ0) is 23.9. The molecule has 1 spiro atoms. The van der Waals surface area contributed by atoms with Crippen molar-refractivity contribution in [2.24, 2.45) is 0 Å². The number of nitrogens with zero attached hydrogens (tertiary/aromatic N) is 4. The molecule has 0 atom stereocenters. The Balaban J connectivity index is 1.36. The number of hydrogen-bond acceptors (Lipinski definition) is 8. The summed E-state index contributed by atoms with van der Waals surface area (Å²) in [6, 6.07) is 34.6. The van der Waals surface area contributed by atoms with Crippen LogP contribution in [0.1, 0.15) is 0 Å². The summed E-state index contributed by atoms with van der Waals surface area (Å²) in [5.41, 5.74) is 9.30. The van der Waals surface area contributed by atoms with Crippen LogP contribution in [-0.4, -0.2) is 8.72 Å². The Morgan fingerprint density at radius 2 is 0.595 bits per heavy atom. The van der Waals surface area contributed by atoms with E-state index in [1.54, 1.807) is 0 Å². The van der Waals surface area contributed by atoms with E-state index in [4.69, 9.17) is 0 Å². The molecule has 8 nitrogen and oxygen atoms in total. The lowest BCUT2D eigenvalue weighted by Gasteiger charge is -2.47. The van der Waals surface area contributed by atoms with Crippen LogP contribution >= 0.6 is 0 Å². The summed E-state index contributed by atoms with van der Waals surface area (Å²) in [6.45, 7) is 0. The van der Waals surface area contributed by atoms with Gasteiger partial charge in [0.15, 0.2) is 0 Å². The third-order valence-electron chi connectivity index (χ3n) is 8.14. The summed E-state index contributed by atoms with van der Waals surface area (Å²) in [5, 5.41) is 15.1. The van der Waals surface area contributed by atoms with Gasteiger partial charge in [-0.1, -0.05) is 48.5 Å². The zero-order valence-electron chi connectivity index (χ0n) is 19.5. The number of fused-ring (bicyclic) bond motifs is 16. The summed E-state index contributed by atoms with van der Waals surface area (Å²) in [5.74, 6) is 4.38. The van der Waals surface area contributed by atoms with Gasteiger partial charge in [0.1, 0.15) is 23.3 Å². The maximum Gasteiger partial charge on any atom is 0.526 e. The van der Waals surface area contributed by atoms with Crippen molar-refractivity contribution in [3.63, 3.8) is 0 Å². The van der Waals surface area contributed by atoms with Gasteiger partial charge >= 0.3 is 8.72 Å². The van der Waals surface area contributed by atoms with Crippen LogP contribution in [-0.2, 0) is 0 Å². The summed E-state index contributed by atoms with van der Waals surface area (Å²) >= 11 is 0. The maximum absolute atomic E-state index is 3.79. The van der Waals surface area contributed by atoms with Gasteiger partial charge in [0.25, 0.3) is 0 Å². The molecule has 4 aromatic carbocycles. The molecule has 0 bridgehead atoms. The highest BCUT2D eigenvalue weighted by molar-refractivity contribution is 6.97. The van der Waals surface area contributed by atoms with E-state index in [-0.39, 0.29) is 0 Å². The molecule has 176 valence electrons. The fourth-order valence-electron chi connectivity index (χ4n) is 6.82. The molecule has 10 rings (SSSR count). The second-order valence-corrected chi connectivity index (χ2v) is 12.9. The van der Waals surface area contributed by atoms with Crippen LogP contribution in [0.25, 0.3) is 0 Å². The smallest absolute Gasteiger partial charge is 0.337 e. The predicted octanol–water partition coefficient (Wildman–Crippen LogP) is 5.43. The second-order valence-electron chi connectivity index (χ2n) is 9.90. The minimum atomic E-state index is -3.06. The van der Waals surface area contributed by atoms with Gasteiger partial charge in [-0.05, 0) is 48.5 Å². The first kappa shape index (κ1) is 18.3. The van der Waals surface area contributed by atoms with Gasteiger partial charge < -0.3 is 21.3 Å². The Hall–Kier alpha value is -5.02. The van der Waals surface area contributed by atoms with Crippen molar-refractivity contribution >= 4 is 54.2 Å². The molecule has 0 aliphatic carbocycles. The van der Waals surface area contributed by atoms with Gasteiger partial charge in [0.05, 0.1) is 45.5 Å². The van der Waals surface area contributed by atoms with E-state index in [9.17, 15) is 0 Å². The van der Waals surface area contributed by atoms with E-state index >= 15 is 0 Å². The van der Waals surface area contributed by atoms with E-state index < -0.39 is 8.72 Å². The minimum Gasteiger partial charge on any atom is -0.337 e. The molecular formula is C28H20N8Si. The van der Waals surface area contributed by atoms with Gasteiger partial charge in [0, 0.05) is 0 Å². The molecule has 9 heteroatoms. The quantitative estimate of drug-likeness (QED) is 0.241. The number of para-hydroxylation sites is 8. The highest BCUT2D eigenvalue weighted by Gasteiger charge is 2.76. The normalized spacial score (nSPS) is 19.5. The Kier molecular flexibility index (Phi) is 2.89. The molecular weight excluding hydrogens is 476 g/mol. The lowest BCUT2D eigenvalue weighted by molar-refractivity contribution is 1.15. The molecule has 0 amide bonds. The SMILES string of the molecule is c1ccc2c(c1)NC1=C3Nc4ccccc4N3[Si]3(N12)N1C(=C2Nc4ccccc4N23)Nc2ccccc21. The molecule has 0 radical (unpaired) electrons. The van der Waals surface area contributed by atoms with Gasteiger partial charge in [-0.25, -0.2) is 0 Å². The topological polar surface area (TPSA) is 61.1 Å². The van der Waals surface area contributed by atoms with Crippen molar-refractivity contribution in [1.82, 2.24) is 0 Å². The van der Waals surface area contributed by atoms with Crippen LogP contribution in [0.2, 0.25) is 0 Å². The Morgan fingerprint density at radius 1 is 0.351 bits per heavy atom. The summed E-state index contributed by atoms with van der Waals surface area (Å²) in [6.07, 6.45) is 0. The lowest BCUT2D eigenvalue weighted by Crippen LogP contribution is -2.77. The van der Waals surface area contributed by atoms with Crippen molar-refractivity contribution in [1.29, 1.82) is 0 Å². The fourth-order valence-corrected chi connectivity index (χ4v) is 11.9. The lowest BCUT2D eigenvalue weighted by atomic mass is 10.3. The molecule has 0 unspecified atom stereocenters. The summed E-state index contributed by atoms with van der Waals surface area (Å²) < 4.78 is 10.3. The Labute approximate surface area is 214 Å². The number of nitrogens with one attached hydrogen (secondary N) is 4. The van der Waals surface area contributed by atoms with Crippen molar-refractivity contribution < 1.29 is 0 Å². The molecule has 0 saturated carbocycles. The molecule has 0 saturated heterocycles. The molecule has 6 aliphatic rings. The standard InChI is InChI=1S/C28H20N8Si/c1-5-13-21-17(9-1)29-25-26-30-18-10-2-6-14-22(18)34(26)37(33(21)25)35-23-15-7-3-11-19(23)31-27(35)28-32-20-12-4-8-16-24(20)36(28)37/h1-16,29-32H. The van der Waals surface area contributed by atoms with Gasteiger partial charge in [-0.2, -0.15) is 0 Å². The van der Waals surface area contributed by atoms with Gasteiger partial charge in [-0.15, -0.1) is 0 Å². The number of hydrogen-bond donors (Lipinski definition) is 4. The molecule has 0 aromatic heterocycles. The van der Waals surface area contributed by atoms with Crippen LogP contribution in [0, 0.1) is 0 Å². The Morgan fingerprint density at radius 3 is 0.865 bits per heavy atom. The van der Waals surface area contributed by atoms with Crippen LogP contribution in [0.3, 0.4) is 0 Å². The van der Waals surface area contributed by atoms with Crippen molar-refractivity contribution in [3.05, 3.63) is 120 Å².